The number of hydrogen-bond acceptors (Lipinski definition) is 4. The minimum atomic E-state index is -3.85. The average Bonchev–Trinajstić information content (AvgIpc) is 2.66. The molecule has 2 rings (SSSR count). The van der Waals surface area contributed by atoms with Gasteiger partial charge in [-0.05, 0) is 36.4 Å². The van der Waals surface area contributed by atoms with Crippen LogP contribution in [-0.2, 0) is 10.0 Å². The van der Waals surface area contributed by atoms with Crippen molar-refractivity contribution in [3.8, 4) is 0 Å². The third-order valence-electron chi connectivity index (χ3n) is 3.89. The van der Waals surface area contributed by atoms with Crippen LogP contribution in [0.1, 0.15) is 34.6 Å². The molecule has 0 unspecified atom stereocenters. The maximum atomic E-state index is 12.7. The maximum Gasteiger partial charge on any atom is 0.269 e. The number of nitrogens with one attached hydrogen (secondary N) is 2. The lowest BCUT2D eigenvalue weighted by Crippen LogP contribution is -2.41. The van der Waals surface area contributed by atoms with E-state index in [-0.39, 0.29) is 34.1 Å². The number of hydrazine groups is 1. The molecule has 0 saturated heterocycles. The van der Waals surface area contributed by atoms with Crippen LogP contribution >= 0.6 is 23.2 Å². The zero-order valence-electron chi connectivity index (χ0n) is 15.2. The Bertz CT molecular complexity index is 992. The fourth-order valence-corrected chi connectivity index (χ4v) is 4.58. The molecule has 0 heterocycles. The van der Waals surface area contributed by atoms with Crippen molar-refractivity contribution in [2.75, 3.05) is 13.1 Å². The van der Waals surface area contributed by atoms with Gasteiger partial charge in [0.25, 0.3) is 11.8 Å². The Labute approximate surface area is 173 Å². The lowest BCUT2D eigenvalue weighted by Gasteiger charge is -2.19. The van der Waals surface area contributed by atoms with Crippen molar-refractivity contribution in [1.82, 2.24) is 15.2 Å². The summed E-state index contributed by atoms with van der Waals surface area (Å²) in [6.45, 7) is 3.94. The number of benzene rings is 2. The molecule has 2 aromatic carbocycles. The molecule has 0 aliphatic carbocycles. The first kappa shape index (κ1) is 22.2. The number of carbonyl (C=O) groups is 2. The molecular weight excluding hydrogens is 425 g/mol. The summed E-state index contributed by atoms with van der Waals surface area (Å²) in [7, 11) is -3.85. The summed E-state index contributed by atoms with van der Waals surface area (Å²) >= 11 is 11.9. The number of sulfonamides is 1. The molecule has 7 nitrogen and oxygen atoms in total. The number of nitrogens with zero attached hydrogens (tertiary/aromatic N) is 1. The fraction of sp³-hybridized carbons (Fsp3) is 0.222. The third-order valence-corrected chi connectivity index (χ3v) is 6.66. The van der Waals surface area contributed by atoms with Gasteiger partial charge >= 0.3 is 0 Å². The van der Waals surface area contributed by atoms with Crippen LogP contribution in [0.4, 0.5) is 0 Å². The first-order valence-corrected chi connectivity index (χ1v) is 10.6. The second-order valence-electron chi connectivity index (χ2n) is 5.65. The average molecular weight is 444 g/mol. The minimum Gasteiger partial charge on any atom is -0.267 e. The molecule has 2 aromatic rings. The van der Waals surface area contributed by atoms with Gasteiger partial charge in [0, 0.05) is 29.2 Å². The van der Waals surface area contributed by atoms with Gasteiger partial charge in [-0.1, -0.05) is 43.1 Å². The maximum absolute atomic E-state index is 12.7. The van der Waals surface area contributed by atoms with Crippen molar-refractivity contribution < 1.29 is 18.0 Å². The monoisotopic (exact) mass is 443 g/mol. The van der Waals surface area contributed by atoms with E-state index in [9.17, 15) is 18.0 Å². The van der Waals surface area contributed by atoms with Gasteiger partial charge in [-0.15, -0.1) is 0 Å². The van der Waals surface area contributed by atoms with Crippen molar-refractivity contribution >= 4 is 45.0 Å². The van der Waals surface area contributed by atoms with Crippen molar-refractivity contribution in [2.45, 2.75) is 18.7 Å². The minimum absolute atomic E-state index is 0.00594. The SMILES string of the molecule is CCN(CC)S(=O)(=O)c1cc(C(=O)NNC(=O)c2cccc(Cl)c2)ccc1Cl. The van der Waals surface area contributed by atoms with Crippen LogP contribution in [-0.4, -0.2) is 37.6 Å². The Hall–Kier alpha value is -2.13. The largest absolute Gasteiger partial charge is 0.269 e. The zero-order valence-corrected chi connectivity index (χ0v) is 17.5. The van der Waals surface area contributed by atoms with Gasteiger partial charge in [-0.25, -0.2) is 8.42 Å². The molecule has 0 radical (unpaired) electrons. The molecular formula is C18H19Cl2N3O4S. The smallest absolute Gasteiger partial charge is 0.267 e. The lowest BCUT2D eigenvalue weighted by molar-refractivity contribution is 0.0846. The Morgan fingerprint density at radius 3 is 2.04 bits per heavy atom. The molecule has 28 heavy (non-hydrogen) atoms. The van der Waals surface area contributed by atoms with Crippen molar-refractivity contribution in [1.29, 1.82) is 0 Å². The van der Waals surface area contributed by atoms with Crippen LogP contribution in [0.5, 0.6) is 0 Å². The van der Waals surface area contributed by atoms with E-state index in [4.69, 9.17) is 23.2 Å². The second kappa shape index (κ2) is 9.38. The van der Waals surface area contributed by atoms with Crippen LogP contribution in [0.15, 0.2) is 47.4 Å². The van der Waals surface area contributed by atoms with E-state index in [0.29, 0.717) is 5.02 Å². The quantitative estimate of drug-likeness (QED) is 0.670. The van der Waals surface area contributed by atoms with E-state index in [1.54, 1.807) is 26.0 Å². The zero-order chi connectivity index (χ0) is 20.9. The molecule has 0 atom stereocenters. The molecule has 0 spiro atoms. The first-order valence-electron chi connectivity index (χ1n) is 8.36. The highest BCUT2D eigenvalue weighted by Crippen LogP contribution is 2.25. The number of hydrogen-bond donors (Lipinski definition) is 2. The lowest BCUT2D eigenvalue weighted by atomic mass is 10.2. The predicted octanol–water partition coefficient (Wildman–Crippen LogP) is 3.10. The highest BCUT2D eigenvalue weighted by molar-refractivity contribution is 7.89. The van der Waals surface area contributed by atoms with Crippen molar-refractivity contribution in [3.63, 3.8) is 0 Å². The highest BCUT2D eigenvalue weighted by Gasteiger charge is 2.25. The normalized spacial score (nSPS) is 11.3. The molecule has 0 aliphatic heterocycles. The Morgan fingerprint density at radius 2 is 1.50 bits per heavy atom. The Morgan fingerprint density at radius 1 is 0.929 bits per heavy atom. The van der Waals surface area contributed by atoms with Gasteiger partial charge in [0.15, 0.2) is 0 Å². The predicted molar refractivity (Wildman–Crippen MR) is 108 cm³/mol. The van der Waals surface area contributed by atoms with Crippen LogP contribution in [0, 0.1) is 0 Å². The van der Waals surface area contributed by atoms with Crippen LogP contribution in [0.3, 0.4) is 0 Å². The van der Waals surface area contributed by atoms with E-state index >= 15 is 0 Å². The van der Waals surface area contributed by atoms with Gasteiger partial charge < -0.3 is 0 Å². The summed E-state index contributed by atoms with van der Waals surface area (Å²) in [5.41, 5.74) is 4.78. The van der Waals surface area contributed by atoms with Gasteiger partial charge in [0.05, 0.1) is 5.02 Å². The van der Waals surface area contributed by atoms with Gasteiger partial charge in [-0.3, -0.25) is 20.4 Å². The summed E-state index contributed by atoms with van der Waals surface area (Å²) in [5, 5.41) is 0.384. The van der Waals surface area contributed by atoms with E-state index in [0.717, 1.165) is 0 Å². The van der Waals surface area contributed by atoms with E-state index in [1.165, 1.54) is 34.6 Å². The standard InChI is InChI=1S/C18H19Cl2N3O4S/c1-3-23(4-2)28(26,27)16-11-13(8-9-15(16)20)18(25)22-21-17(24)12-6-5-7-14(19)10-12/h5-11H,3-4H2,1-2H3,(H,21,24)(H,22,25). The molecule has 0 saturated carbocycles. The number of amides is 2. The second-order valence-corrected chi connectivity index (χ2v) is 8.40. The molecule has 0 fully saturated rings. The molecule has 10 heteroatoms. The van der Waals surface area contributed by atoms with Gasteiger partial charge in [0.1, 0.15) is 4.90 Å². The number of rotatable bonds is 6. The summed E-state index contributed by atoms with van der Waals surface area (Å²) in [5.74, 6) is -1.26. The summed E-state index contributed by atoms with van der Waals surface area (Å²) < 4.78 is 26.6. The molecule has 2 amide bonds. The van der Waals surface area contributed by atoms with Crippen LogP contribution in [0.2, 0.25) is 10.0 Å². The number of carbonyl (C=O) groups excluding carboxylic acids is 2. The first-order chi connectivity index (χ1) is 13.2. The van der Waals surface area contributed by atoms with E-state index in [2.05, 4.69) is 10.9 Å². The van der Waals surface area contributed by atoms with Crippen LogP contribution in [0.25, 0.3) is 0 Å². The molecule has 0 bridgehead atoms. The summed E-state index contributed by atoms with van der Waals surface area (Å²) in [6.07, 6.45) is 0. The third kappa shape index (κ3) is 5.02. The van der Waals surface area contributed by atoms with E-state index < -0.39 is 21.8 Å². The summed E-state index contributed by atoms with van der Waals surface area (Å²) in [4.78, 5) is 24.2. The topological polar surface area (TPSA) is 95.6 Å². The van der Waals surface area contributed by atoms with Crippen LogP contribution < -0.4 is 10.9 Å². The molecule has 2 N–H and O–H groups in total. The number of halogens is 2. The molecule has 0 aromatic heterocycles. The van der Waals surface area contributed by atoms with E-state index in [1.807, 2.05) is 0 Å². The fourth-order valence-electron chi connectivity index (χ4n) is 2.43. The van der Waals surface area contributed by atoms with Gasteiger partial charge in [0.2, 0.25) is 10.0 Å². The van der Waals surface area contributed by atoms with Gasteiger partial charge in [-0.2, -0.15) is 4.31 Å². The Balaban J connectivity index is 2.19. The summed E-state index contributed by atoms with van der Waals surface area (Å²) in [6, 6.07) is 10.1. The molecule has 150 valence electrons. The van der Waals surface area contributed by atoms with Crippen molar-refractivity contribution in [2.24, 2.45) is 0 Å². The Kier molecular flexibility index (Phi) is 7.42. The molecule has 0 aliphatic rings. The highest BCUT2D eigenvalue weighted by atomic mass is 35.5. The van der Waals surface area contributed by atoms with Crippen molar-refractivity contribution in [3.05, 3.63) is 63.6 Å².